The number of anilines is 1. The van der Waals surface area contributed by atoms with Crippen molar-refractivity contribution in [2.24, 2.45) is 5.92 Å². The number of rotatable bonds is 6. The molecular formula is C14H23ClN2O2. The lowest BCUT2D eigenvalue weighted by Crippen LogP contribution is -2.28. The van der Waals surface area contributed by atoms with E-state index in [9.17, 15) is 4.79 Å². The van der Waals surface area contributed by atoms with Crippen molar-refractivity contribution in [1.82, 2.24) is 5.32 Å². The van der Waals surface area contributed by atoms with Crippen LogP contribution in [0.15, 0.2) is 24.3 Å². The van der Waals surface area contributed by atoms with Crippen molar-refractivity contribution in [3.8, 4) is 0 Å². The topological polar surface area (TPSA) is 50.4 Å². The number of halogens is 1. The van der Waals surface area contributed by atoms with Gasteiger partial charge in [-0.1, -0.05) is 19.1 Å². The van der Waals surface area contributed by atoms with Gasteiger partial charge in [-0.3, -0.25) is 4.79 Å². The number of hydrogen-bond donors (Lipinski definition) is 2. The fourth-order valence-corrected chi connectivity index (χ4v) is 1.67. The lowest BCUT2D eigenvalue weighted by Gasteiger charge is -2.14. The van der Waals surface area contributed by atoms with Crippen LogP contribution in [-0.4, -0.2) is 26.6 Å². The van der Waals surface area contributed by atoms with E-state index in [1.165, 1.54) is 0 Å². The largest absolute Gasteiger partial charge is 0.377 e. The predicted molar refractivity (Wildman–Crippen MR) is 80.8 cm³/mol. The molecule has 2 unspecified atom stereocenters. The lowest BCUT2D eigenvalue weighted by molar-refractivity contribution is -0.119. The Morgan fingerprint density at radius 3 is 2.63 bits per heavy atom. The second kappa shape index (κ2) is 8.91. The molecule has 4 nitrogen and oxygen atoms in total. The third kappa shape index (κ3) is 5.59. The molecule has 0 saturated carbocycles. The van der Waals surface area contributed by atoms with E-state index in [0.29, 0.717) is 6.54 Å². The molecule has 0 fully saturated rings. The molecule has 2 atom stereocenters. The second-order valence-electron chi connectivity index (χ2n) is 4.45. The van der Waals surface area contributed by atoms with E-state index in [4.69, 9.17) is 4.74 Å². The van der Waals surface area contributed by atoms with E-state index >= 15 is 0 Å². The molecule has 0 aliphatic heterocycles. The minimum atomic E-state index is -0.0569. The number of benzene rings is 1. The molecule has 0 aromatic heterocycles. The monoisotopic (exact) mass is 286 g/mol. The van der Waals surface area contributed by atoms with E-state index in [-0.39, 0.29) is 30.3 Å². The fourth-order valence-electron chi connectivity index (χ4n) is 1.67. The Balaban J connectivity index is 0.00000324. The van der Waals surface area contributed by atoms with Crippen LogP contribution in [0.25, 0.3) is 0 Å². The first-order valence-corrected chi connectivity index (χ1v) is 6.16. The maximum atomic E-state index is 11.9. The van der Waals surface area contributed by atoms with Gasteiger partial charge < -0.3 is 15.4 Å². The Kier molecular flexibility index (Phi) is 8.39. The summed E-state index contributed by atoms with van der Waals surface area (Å²) in [6, 6.07) is 7.73. The highest BCUT2D eigenvalue weighted by Crippen LogP contribution is 2.19. The van der Waals surface area contributed by atoms with Crippen LogP contribution in [0.5, 0.6) is 0 Å². The van der Waals surface area contributed by atoms with Crippen molar-refractivity contribution < 1.29 is 9.53 Å². The number of amides is 1. The van der Waals surface area contributed by atoms with E-state index in [2.05, 4.69) is 10.6 Å². The van der Waals surface area contributed by atoms with Gasteiger partial charge in [-0.25, -0.2) is 0 Å². The molecule has 1 aromatic rings. The zero-order chi connectivity index (χ0) is 13.5. The summed E-state index contributed by atoms with van der Waals surface area (Å²) in [6.07, 6.45) is 0.0246. The molecule has 19 heavy (non-hydrogen) atoms. The average molecular weight is 287 g/mol. The summed E-state index contributed by atoms with van der Waals surface area (Å²) >= 11 is 0. The van der Waals surface area contributed by atoms with E-state index in [0.717, 1.165) is 11.3 Å². The van der Waals surface area contributed by atoms with Gasteiger partial charge in [-0.15, -0.1) is 12.4 Å². The highest BCUT2D eigenvalue weighted by Gasteiger charge is 2.12. The fraction of sp³-hybridized carbons (Fsp3) is 0.500. The summed E-state index contributed by atoms with van der Waals surface area (Å²) in [5.41, 5.74) is 1.86. The quantitative estimate of drug-likeness (QED) is 0.845. The first-order chi connectivity index (χ1) is 8.58. The van der Waals surface area contributed by atoms with Crippen LogP contribution in [0, 0.1) is 5.92 Å². The smallest absolute Gasteiger partial charge is 0.228 e. The molecule has 0 spiro atoms. The van der Waals surface area contributed by atoms with Crippen LogP contribution in [-0.2, 0) is 9.53 Å². The molecule has 5 heteroatoms. The van der Waals surface area contributed by atoms with Crippen LogP contribution in [0.4, 0.5) is 5.69 Å². The number of hydrogen-bond acceptors (Lipinski definition) is 3. The zero-order valence-corrected chi connectivity index (χ0v) is 12.7. The zero-order valence-electron chi connectivity index (χ0n) is 11.9. The second-order valence-corrected chi connectivity index (χ2v) is 4.45. The van der Waals surface area contributed by atoms with Crippen LogP contribution < -0.4 is 10.6 Å². The molecule has 0 saturated heterocycles. The Morgan fingerprint density at radius 1 is 1.37 bits per heavy atom. The molecule has 2 N–H and O–H groups in total. The van der Waals surface area contributed by atoms with Gasteiger partial charge in [0.1, 0.15) is 0 Å². The Bertz CT molecular complexity index is 399. The number of methoxy groups -OCH3 is 1. The SMILES string of the molecule is CNCC(C)C(=O)Nc1cccc(C(C)OC)c1.Cl. The van der Waals surface area contributed by atoms with Crippen molar-refractivity contribution in [1.29, 1.82) is 0 Å². The summed E-state index contributed by atoms with van der Waals surface area (Å²) < 4.78 is 5.26. The maximum Gasteiger partial charge on any atom is 0.228 e. The summed E-state index contributed by atoms with van der Waals surface area (Å²) in [5, 5.41) is 5.90. The molecule has 0 aliphatic rings. The molecule has 1 amide bonds. The Labute approximate surface area is 121 Å². The van der Waals surface area contributed by atoms with Crippen molar-refractivity contribution in [2.45, 2.75) is 20.0 Å². The van der Waals surface area contributed by atoms with Gasteiger partial charge in [-0.05, 0) is 31.7 Å². The molecule has 0 radical (unpaired) electrons. The molecule has 108 valence electrons. The highest BCUT2D eigenvalue weighted by molar-refractivity contribution is 5.92. The number of nitrogens with one attached hydrogen (secondary N) is 2. The number of carbonyl (C=O) groups is 1. The van der Waals surface area contributed by atoms with Crippen molar-refractivity contribution in [3.63, 3.8) is 0 Å². The van der Waals surface area contributed by atoms with Gasteiger partial charge in [0.25, 0.3) is 0 Å². The standard InChI is InChI=1S/C14H22N2O2.ClH/c1-10(9-15-3)14(17)16-13-7-5-6-12(8-13)11(2)18-4;/h5-8,10-11,15H,9H2,1-4H3,(H,16,17);1H. The van der Waals surface area contributed by atoms with Crippen LogP contribution in [0.2, 0.25) is 0 Å². The lowest BCUT2D eigenvalue weighted by atomic mass is 10.1. The summed E-state index contributed by atoms with van der Waals surface area (Å²) in [6.45, 7) is 4.54. The highest BCUT2D eigenvalue weighted by atomic mass is 35.5. The van der Waals surface area contributed by atoms with Crippen molar-refractivity contribution in [2.75, 3.05) is 26.0 Å². The third-order valence-electron chi connectivity index (χ3n) is 2.94. The van der Waals surface area contributed by atoms with Gasteiger partial charge in [0.2, 0.25) is 5.91 Å². The van der Waals surface area contributed by atoms with Gasteiger partial charge in [0, 0.05) is 25.3 Å². The minimum Gasteiger partial charge on any atom is -0.377 e. The van der Waals surface area contributed by atoms with Crippen molar-refractivity contribution in [3.05, 3.63) is 29.8 Å². The first kappa shape index (κ1) is 17.9. The maximum absolute atomic E-state index is 11.9. The van der Waals surface area contributed by atoms with Crippen LogP contribution in [0.1, 0.15) is 25.5 Å². The van der Waals surface area contributed by atoms with Gasteiger partial charge in [0.15, 0.2) is 0 Å². The molecule has 0 heterocycles. The Morgan fingerprint density at radius 2 is 2.05 bits per heavy atom. The van der Waals surface area contributed by atoms with E-state index in [1.807, 2.05) is 45.2 Å². The number of ether oxygens (including phenoxy) is 1. The van der Waals surface area contributed by atoms with Crippen LogP contribution >= 0.6 is 12.4 Å². The molecular weight excluding hydrogens is 264 g/mol. The van der Waals surface area contributed by atoms with Gasteiger partial charge >= 0.3 is 0 Å². The summed E-state index contributed by atoms with van der Waals surface area (Å²) in [7, 11) is 3.51. The summed E-state index contributed by atoms with van der Waals surface area (Å²) in [4.78, 5) is 11.9. The van der Waals surface area contributed by atoms with E-state index < -0.39 is 0 Å². The average Bonchev–Trinajstić information content (AvgIpc) is 2.38. The van der Waals surface area contributed by atoms with E-state index in [1.54, 1.807) is 7.11 Å². The third-order valence-corrected chi connectivity index (χ3v) is 2.94. The Hall–Kier alpha value is -1.10. The normalized spacial score (nSPS) is 13.3. The molecule has 0 aliphatic carbocycles. The minimum absolute atomic E-state index is 0. The molecule has 0 bridgehead atoms. The predicted octanol–water partition coefficient (Wildman–Crippen LogP) is 2.61. The van der Waals surface area contributed by atoms with Crippen LogP contribution in [0.3, 0.4) is 0 Å². The summed E-state index contributed by atoms with van der Waals surface area (Å²) in [5.74, 6) is -0.0370. The van der Waals surface area contributed by atoms with Crippen molar-refractivity contribution >= 4 is 24.0 Å². The van der Waals surface area contributed by atoms with Gasteiger partial charge in [0.05, 0.1) is 6.10 Å². The van der Waals surface area contributed by atoms with Gasteiger partial charge in [-0.2, -0.15) is 0 Å². The molecule has 1 aromatic carbocycles. The first-order valence-electron chi connectivity index (χ1n) is 6.16. The number of carbonyl (C=O) groups excluding carboxylic acids is 1. The molecule has 1 rings (SSSR count).